The highest BCUT2D eigenvalue weighted by Gasteiger charge is 2.42. The third kappa shape index (κ3) is 5.12. The molecule has 3 aromatic carbocycles. The molecule has 1 atom stereocenters. The van der Waals surface area contributed by atoms with Crippen LogP contribution in [0.4, 0.5) is 5.69 Å². The summed E-state index contributed by atoms with van der Waals surface area (Å²) in [5, 5.41) is 4.19. The van der Waals surface area contributed by atoms with Crippen molar-refractivity contribution in [2.24, 2.45) is 0 Å². The van der Waals surface area contributed by atoms with Gasteiger partial charge in [0.15, 0.2) is 5.78 Å². The van der Waals surface area contributed by atoms with E-state index in [0.29, 0.717) is 51.4 Å². The molecular weight excluding hydrogens is 477 g/mol. The fourth-order valence-corrected chi connectivity index (χ4v) is 4.51. The molecule has 2 radical (unpaired) electrons. The van der Waals surface area contributed by atoms with Crippen LogP contribution in [0.1, 0.15) is 34.3 Å². The fourth-order valence-electron chi connectivity index (χ4n) is 4.02. The monoisotopic (exact) mass is 496 g/mol. The number of amides is 1. The van der Waals surface area contributed by atoms with E-state index in [0.717, 1.165) is 12.0 Å². The predicted octanol–water partition coefficient (Wildman–Crippen LogP) is 5.98. The maximum Gasteiger partial charge on any atom is 0.235 e. The third-order valence-corrected chi connectivity index (χ3v) is 6.79. The number of rotatable bonds is 6. The lowest BCUT2D eigenvalue weighted by atomic mass is 9.74. The highest BCUT2D eigenvalue weighted by molar-refractivity contribution is 6.42. The number of likely N-dealkylation sites (tertiary alicyclic amines) is 1. The quantitative estimate of drug-likeness (QED) is 0.337. The third-order valence-electron chi connectivity index (χ3n) is 5.81. The number of hydrogen-bond donors (Lipinski definition) is 1. The van der Waals surface area contributed by atoms with E-state index < -0.39 is 5.44 Å². The average Bonchev–Trinajstić information content (AvgIpc) is 3.19. The Morgan fingerprint density at radius 1 is 0.970 bits per heavy atom. The molecule has 4 rings (SSSR count). The minimum Gasteiger partial charge on any atom is -0.324 e. The minimum atomic E-state index is -1.24. The first kappa shape index (κ1) is 23.8. The van der Waals surface area contributed by atoms with E-state index in [9.17, 15) is 9.59 Å². The SMILES string of the molecule is [B][C@]1(C(=O)Nc2ccc(Cl)cc2C(=O)c2ccccc2)CCCN1Cc1ccc(Cl)c(Cl)c1. The lowest BCUT2D eigenvalue weighted by Crippen LogP contribution is -2.53. The molecule has 4 nitrogen and oxygen atoms in total. The summed E-state index contributed by atoms with van der Waals surface area (Å²) in [4.78, 5) is 28.4. The predicted molar refractivity (Wildman–Crippen MR) is 135 cm³/mol. The summed E-state index contributed by atoms with van der Waals surface area (Å²) < 4.78 is 0. The number of anilines is 1. The first-order chi connectivity index (χ1) is 15.8. The van der Waals surface area contributed by atoms with Crippen LogP contribution in [0, 0.1) is 0 Å². The van der Waals surface area contributed by atoms with E-state index >= 15 is 0 Å². The number of carbonyl (C=O) groups excluding carboxylic acids is 2. The zero-order valence-electron chi connectivity index (χ0n) is 17.7. The number of hydrogen-bond acceptors (Lipinski definition) is 3. The van der Waals surface area contributed by atoms with Gasteiger partial charge in [-0.3, -0.25) is 14.5 Å². The Morgan fingerprint density at radius 3 is 2.45 bits per heavy atom. The molecule has 0 aromatic heterocycles. The van der Waals surface area contributed by atoms with Gasteiger partial charge in [-0.15, -0.1) is 0 Å². The summed E-state index contributed by atoms with van der Waals surface area (Å²) in [6.45, 7) is 1.10. The number of nitrogens with zero attached hydrogens (tertiary/aromatic N) is 1. The van der Waals surface area contributed by atoms with Crippen LogP contribution >= 0.6 is 34.8 Å². The molecule has 33 heavy (non-hydrogen) atoms. The molecule has 166 valence electrons. The zero-order chi connectivity index (χ0) is 23.6. The molecule has 1 heterocycles. The van der Waals surface area contributed by atoms with Crippen molar-refractivity contribution in [1.29, 1.82) is 0 Å². The van der Waals surface area contributed by atoms with Gasteiger partial charge >= 0.3 is 0 Å². The molecule has 0 spiro atoms. The maximum absolute atomic E-state index is 13.4. The van der Waals surface area contributed by atoms with Crippen molar-refractivity contribution in [2.75, 3.05) is 11.9 Å². The Balaban J connectivity index is 1.58. The van der Waals surface area contributed by atoms with E-state index in [1.807, 2.05) is 17.0 Å². The van der Waals surface area contributed by atoms with E-state index in [-0.39, 0.29) is 11.7 Å². The van der Waals surface area contributed by atoms with Gasteiger partial charge in [-0.1, -0.05) is 71.2 Å². The molecule has 8 heteroatoms. The second kappa shape index (κ2) is 9.90. The van der Waals surface area contributed by atoms with Gasteiger partial charge in [-0.2, -0.15) is 0 Å². The van der Waals surface area contributed by atoms with Crippen LogP contribution in [0.15, 0.2) is 66.7 Å². The molecule has 1 N–H and O–H groups in total. The molecule has 1 amide bonds. The van der Waals surface area contributed by atoms with Gasteiger partial charge in [0.1, 0.15) is 7.85 Å². The lowest BCUT2D eigenvalue weighted by Gasteiger charge is -2.35. The van der Waals surface area contributed by atoms with E-state index in [1.54, 1.807) is 54.6 Å². The van der Waals surface area contributed by atoms with Crippen LogP contribution in [-0.4, -0.2) is 36.4 Å². The van der Waals surface area contributed by atoms with Gasteiger partial charge in [0.05, 0.1) is 21.2 Å². The highest BCUT2D eigenvalue weighted by Crippen LogP contribution is 2.32. The normalized spacial score (nSPS) is 18.3. The largest absolute Gasteiger partial charge is 0.324 e. The van der Waals surface area contributed by atoms with Gasteiger partial charge in [-0.05, 0) is 55.3 Å². The molecule has 1 aliphatic rings. The first-order valence-electron chi connectivity index (χ1n) is 10.5. The summed E-state index contributed by atoms with van der Waals surface area (Å²) in [5.41, 5.74) is 0.836. The smallest absolute Gasteiger partial charge is 0.235 e. The summed E-state index contributed by atoms with van der Waals surface area (Å²) in [5.74, 6) is -0.622. The highest BCUT2D eigenvalue weighted by atomic mass is 35.5. The summed E-state index contributed by atoms with van der Waals surface area (Å²) in [7, 11) is 6.62. The van der Waals surface area contributed by atoms with Gasteiger partial charge in [-0.25, -0.2) is 0 Å². The maximum atomic E-state index is 13.4. The molecule has 0 unspecified atom stereocenters. The molecule has 0 saturated carbocycles. The Kier molecular flexibility index (Phi) is 7.15. The van der Waals surface area contributed by atoms with Crippen molar-refractivity contribution in [3.8, 4) is 0 Å². The van der Waals surface area contributed by atoms with Crippen LogP contribution in [0.3, 0.4) is 0 Å². The van der Waals surface area contributed by atoms with Crippen molar-refractivity contribution in [3.63, 3.8) is 0 Å². The number of carbonyl (C=O) groups is 2. The summed E-state index contributed by atoms with van der Waals surface area (Å²) >= 11 is 18.3. The van der Waals surface area contributed by atoms with Crippen LogP contribution in [0.25, 0.3) is 0 Å². The molecular formula is C25H20BCl3N2O2. The van der Waals surface area contributed by atoms with Crippen molar-refractivity contribution in [3.05, 3.63) is 98.5 Å². The molecule has 1 fully saturated rings. The van der Waals surface area contributed by atoms with Crippen LogP contribution < -0.4 is 5.32 Å². The molecule has 3 aromatic rings. The van der Waals surface area contributed by atoms with Gasteiger partial charge in [0.25, 0.3) is 0 Å². The lowest BCUT2D eigenvalue weighted by molar-refractivity contribution is -0.122. The van der Waals surface area contributed by atoms with Crippen molar-refractivity contribution in [2.45, 2.75) is 24.8 Å². The van der Waals surface area contributed by atoms with Crippen molar-refractivity contribution in [1.82, 2.24) is 4.90 Å². The van der Waals surface area contributed by atoms with E-state index in [2.05, 4.69) is 5.32 Å². The molecule has 1 aliphatic heterocycles. The Bertz CT molecular complexity index is 1210. The standard InChI is InChI=1S/C25H20BCl3N2O2/c26-25(11-4-12-31(25)15-16-7-9-20(28)21(29)13-16)24(33)30-22-10-8-18(27)14-19(22)23(32)17-5-2-1-3-6-17/h1-3,5-10,13-14H,4,11-12,15H2,(H,30,33)/t25-/m1/s1. The fraction of sp³-hybridized carbons (Fsp3) is 0.200. The molecule has 0 aliphatic carbocycles. The van der Waals surface area contributed by atoms with E-state index in [1.165, 1.54) is 0 Å². The molecule has 1 saturated heterocycles. The van der Waals surface area contributed by atoms with Gasteiger partial charge in [0.2, 0.25) is 5.91 Å². The Labute approximate surface area is 209 Å². The first-order valence-corrected chi connectivity index (χ1v) is 11.6. The van der Waals surface area contributed by atoms with Crippen LogP contribution in [0.2, 0.25) is 15.1 Å². The summed E-state index contributed by atoms with van der Waals surface area (Å²) in [6.07, 6.45) is 1.25. The molecule has 0 bridgehead atoms. The topological polar surface area (TPSA) is 49.4 Å². The summed E-state index contributed by atoms with van der Waals surface area (Å²) in [6, 6.07) is 19.0. The number of nitrogens with one attached hydrogen (secondary N) is 1. The van der Waals surface area contributed by atoms with E-state index in [4.69, 9.17) is 42.6 Å². The van der Waals surface area contributed by atoms with Crippen molar-refractivity contribution >= 4 is 60.0 Å². The Hall–Kier alpha value is -2.31. The Morgan fingerprint density at radius 2 is 1.73 bits per heavy atom. The second-order valence-electron chi connectivity index (χ2n) is 8.04. The van der Waals surface area contributed by atoms with Crippen LogP contribution in [-0.2, 0) is 11.3 Å². The van der Waals surface area contributed by atoms with Crippen molar-refractivity contribution < 1.29 is 9.59 Å². The average molecular weight is 498 g/mol. The van der Waals surface area contributed by atoms with Gasteiger partial charge in [0, 0.05) is 22.7 Å². The number of benzene rings is 3. The van der Waals surface area contributed by atoms with Crippen LogP contribution in [0.5, 0.6) is 0 Å². The minimum absolute atomic E-state index is 0.237. The number of halogens is 3. The second-order valence-corrected chi connectivity index (χ2v) is 9.29. The number of ketones is 1. The van der Waals surface area contributed by atoms with Gasteiger partial charge < -0.3 is 5.32 Å². The zero-order valence-corrected chi connectivity index (χ0v) is 19.9.